The number of carbonyl (C=O) groups excluding carboxylic acids is 2. The first-order valence-corrected chi connectivity index (χ1v) is 9.78. The summed E-state index contributed by atoms with van der Waals surface area (Å²) in [4.78, 5) is 36.2. The Hall–Kier alpha value is -3.37. The fourth-order valence-corrected chi connectivity index (χ4v) is 3.67. The molecular formula is C20H16N2O6S2. The van der Waals surface area contributed by atoms with E-state index in [4.69, 9.17) is 26.8 Å². The quantitative estimate of drug-likeness (QED) is 0.496. The second kappa shape index (κ2) is 9.42. The molecule has 2 aromatic rings. The summed E-state index contributed by atoms with van der Waals surface area (Å²) in [5.41, 5.74) is 3.31. The topological polar surface area (TPSA) is 105 Å². The van der Waals surface area contributed by atoms with Gasteiger partial charge in [-0.2, -0.15) is 5.01 Å². The zero-order valence-corrected chi connectivity index (χ0v) is 17.3. The van der Waals surface area contributed by atoms with Crippen LogP contribution in [0.25, 0.3) is 6.08 Å². The minimum Gasteiger partial charge on any atom is -0.497 e. The van der Waals surface area contributed by atoms with E-state index in [1.54, 1.807) is 48.5 Å². The van der Waals surface area contributed by atoms with Crippen LogP contribution in [-0.4, -0.2) is 45.9 Å². The first kappa shape index (κ1) is 21.3. The molecule has 154 valence electrons. The van der Waals surface area contributed by atoms with Crippen molar-refractivity contribution in [2.75, 3.05) is 13.7 Å². The van der Waals surface area contributed by atoms with Gasteiger partial charge in [0, 0.05) is 11.1 Å². The lowest BCUT2D eigenvalue weighted by Crippen LogP contribution is -2.44. The molecule has 1 fully saturated rings. The second-order valence-corrected chi connectivity index (χ2v) is 7.59. The number of thioether (sulfide) groups is 1. The minimum atomic E-state index is -1.13. The van der Waals surface area contributed by atoms with Gasteiger partial charge < -0.3 is 14.6 Å². The fraction of sp³-hybridized carbons (Fsp3) is 0.100. The average Bonchev–Trinajstić information content (AvgIpc) is 3.00. The number of hydrogen-bond donors (Lipinski definition) is 2. The summed E-state index contributed by atoms with van der Waals surface area (Å²) in [6.45, 7) is -0.540. The zero-order valence-electron chi connectivity index (χ0n) is 15.7. The van der Waals surface area contributed by atoms with Crippen molar-refractivity contribution in [3.05, 3.63) is 64.6 Å². The summed E-state index contributed by atoms with van der Waals surface area (Å²) >= 11 is 6.23. The number of rotatable bonds is 7. The predicted molar refractivity (Wildman–Crippen MR) is 115 cm³/mol. The summed E-state index contributed by atoms with van der Waals surface area (Å²) in [5, 5.41) is 9.85. The number of ether oxygens (including phenoxy) is 2. The summed E-state index contributed by atoms with van der Waals surface area (Å²) in [6, 6.07) is 13.2. The van der Waals surface area contributed by atoms with Gasteiger partial charge in [0.2, 0.25) is 0 Å². The number of nitrogens with one attached hydrogen (secondary N) is 1. The molecule has 1 aliphatic rings. The number of benzene rings is 2. The van der Waals surface area contributed by atoms with E-state index in [1.165, 1.54) is 13.2 Å². The number of nitrogens with zero attached hydrogens (tertiary/aromatic N) is 1. The van der Waals surface area contributed by atoms with E-state index in [0.717, 1.165) is 16.8 Å². The molecule has 8 nitrogen and oxygen atoms in total. The van der Waals surface area contributed by atoms with Crippen molar-refractivity contribution in [1.29, 1.82) is 0 Å². The maximum Gasteiger partial charge on any atom is 0.341 e. The molecule has 1 aliphatic heterocycles. The molecule has 1 heterocycles. The molecule has 0 bridgehead atoms. The number of carboxylic acids is 1. The summed E-state index contributed by atoms with van der Waals surface area (Å²) in [5.74, 6) is -1.36. The van der Waals surface area contributed by atoms with Crippen molar-refractivity contribution in [2.24, 2.45) is 0 Å². The van der Waals surface area contributed by atoms with Gasteiger partial charge in [-0.1, -0.05) is 30.0 Å². The van der Waals surface area contributed by atoms with Crippen LogP contribution in [0.5, 0.6) is 11.5 Å². The van der Waals surface area contributed by atoms with Gasteiger partial charge in [-0.25, -0.2) is 4.79 Å². The molecule has 3 rings (SSSR count). The zero-order chi connectivity index (χ0) is 21.7. The van der Waals surface area contributed by atoms with Crippen LogP contribution in [0.4, 0.5) is 0 Å². The van der Waals surface area contributed by atoms with E-state index in [1.807, 2.05) is 0 Å². The van der Waals surface area contributed by atoms with E-state index in [9.17, 15) is 14.4 Å². The Balaban J connectivity index is 1.84. The lowest BCUT2D eigenvalue weighted by atomic mass is 10.1. The van der Waals surface area contributed by atoms with E-state index >= 15 is 0 Å². The molecule has 0 radical (unpaired) electrons. The Morgan fingerprint density at radius 2 is 1.97 bits per heavy atom. The number of methoxy groups -OCH3 is 1. The van der Waals surface area contributed by atoms with Gasteiger partial charge in [0.25, 0.3) is 11.8 Å². The van der Waals surface area contributed by atoms with Crippen LogP contribution in [0.3, 0.4) is 0 Å². The molecule has 1 saturated heterocycles. The van der Waals surface area contributed by atoms with Crippen LogP contribution >= 0.6 is 24.0 Å². The number of amides is 2. The first-order chi connectivity index (χ1) is 14.4. The number of hydrogen-bond acceptors (Lipinski definition) is 7. The van der Waals surface area contributed by atoms with Gasteiger partial charge in [-0.05, 0) is 48.6 Å². The molecule has 30 heavy (non-hydrogen) atoms. The third kappa shape index (κ3) is 4.97. The predicted octanol–water partition coefficient (Wildman–Crippen LogP) is 2.70. The van der Waals surface area contributed by atoms with E-state index < -0.39 is 24.4 Å². The Bertz CT molecular complexity index is 1040. The molecule has 0 saturated carbocycles. The molecule has 0 unspecified atom stereocenters. The largest absolute Gasteiger partial charge is 0.497 e. The Morgan fingerprint density at radius 3 is 2.63 bits per heavy atom. The van der Waals surface area contributed by atoms with Gasteiger partial charge in [0.05, 0.1) is 12.0 Å². The number of hydrazine groups is 1. The lowest BCUT2D eigenvalue weighted by molar-refractivity contribution is -0.139. The number of carboxylic acid groups (broad SMARTS) is 1. The summed E-state index contributed by atoms with van der Waals surface area (Å²) < 4.78 is 10.6. The van der Waals surface area contributed by atoms with Crippen LogP contribution in [0.1, 0.15) is 15.9 Å². The molecule has 2 aromatic carbocycles. The third-order valence-corrected chi connectivity index (χ3v) is 5.20. The molecule has 0 aromatic heterocycles. The highest BCUT2D eigenvalue weighted by molar-refractivity contribution is 8.26. The van der Waals surface area contributed by atoms with E-state index in [2.05, 4.69) is 5.43 Å². The fourth-order valence-electron chi connectivity index (χ4n) is 2.50. The van der Waals surface area contributed by atoms with E-state index in [0.29, 0.717) is 16.9 Å². The monoisotopic (exact) mass is 444 g/mol. The van der Waals surface area contributed by atoms with Crippen molar-refractivity contribution in [1.82, 2.24) is 10.4 Å². The summed E-state index contributed by atoms with van der Waals surface area (Å²) in [7, 11) is 1.48. The Kier molecular flexibility index (Phi) is 6.70. The maximum absolute atomic E-state index is 12.8. The van der Waals surface area contributed by atoms with Crippen molar-refractivity contribution >= 4 is 52.2 Å². The van der Waals surface area contributed by atoms with Gasteiger partial charge in [0.15, 0.2) is 10.9 Å². The van der Waals surface area contributed by atoms with Crippen molar-refractivity contribution in [3.63, 3.8) is 0 Å². The molecule has 0 spiro atoms. The average molecular weight is 444 g/mol. The molecule has 0 aliphatic carbocycles. The number of aliphatic carboxylic acids is 1. The van der Waals surface area contributed by atoms with Crippen molar-refractivity contribution < 1.29 is 29.0 Å². The molecule has 2 amide bonds. The summed E-state index contributed by atoms with van der Waals surface area (Å²) in [6.07, 6.45) is 1.51. The van der Waals surface area contributed by atoms with Crippen molar-refractivity contribution in [3.8, 4) is 11.5 Å². The third-order valence-electron chi connectivity index (χ3n) is 3.90. The standard InChI is InChI=1S/C20H16N2O6S2/c1-27-14-7-8-15(28-11-17(23)24)13(9-14)10-16-19(26)22(20(29)30-16)21-18(25)12-5-3-2-4-6-12/h2-10H,11H2,1H3,(H,21,25)(H,23,24). The highest BCUT2D eigenvalue weighted by atomic mass is 32.2. The van der Waals surface area contributed by atoms with Gasteiger partial charge in [0.1, 0.15) is 11.5 Å². The minimum absolute atomic E-state index is 0.159. The lowest BCUT2D eigenvalue weighted by Gasteiger charge is -2.15. The number of thiocarbonyl (C=S) groups is 1. The Morgan fingerprint density at radius 1 is 1.23 bits per heavy atom. The van der Waals surface area contributed by atoms with Crippen molar-refractivity contribution in [2.45, 2.75) is 0 Å². The van der Waals surface area contributed by atoms with Gasteiger partial charge in [-0.3, -0.25) is 15.0 Å². The smallest absolute Gasteiger partial charge is 0.341 e. The molecule has 10 heteroatoms. The highest BCUT2D eigenvalue weighted by Gasteiger charge is 2.34. The Labute approximate surface area is 181 Å². The van der Waals surface area contributed by atoms with Crippen LogP contribution in [-0.2, 0) is 9.59 Å². The molecule has 0 atom stereocenters. The van der Waals surface area contributed by atoms with Crippen LogP contribution < -0.4 is 14.9 Å². The van der Waals surface area contributed by atoms with Gasteiger partial charge >= 0.3 is 5.97 Å². The molecule has 2 N–H and O–H groups in total. The maximum atomic E-state index is 12.8. The SMILES string of the molecule is COc1ccc(OCC(=O)O)c(C=C2SC(=S)N(NC(=O)c3ccccc3)C2=O)c1. The van der Waals surface area contributed by atoms with E-state index in [-0.39, 0.29) is 15.0 Å². The normalized spacial score (nSPS) is 14.7. The van der Waals surface area contributed by atoms with Gasteiger partial charge in [-0.15, -0.1) is 0 Å². The van der Waals surface area contributed by atoms with Crippen LogP contribution in [0.15, 0.2) is 53.4 Å². The first-order valence-electron chi connectivity index (χ1n) is 8.55. The van der Waals surface area contributed by atoms with Crippen LogP contribution in [0.2, 0.25) is 0 Å². The molecular weight excluding hydrogens is 428 g/mol. The highest BCUT2D eigenvalue weighted by Crippen LogP contribution is 2.34. The van der Waals surface area contributed by atoms with Crippen LogP contribution in [0, 0.1) is 0 Å². The number of carbonyl (C=O) groups is 3. The second-order valence-electron chi connectivity index (χ2n) is 5.91.